The van der Waals surface area contributed by atoms with E-state index in [0.29, 0.717) is 17.7 Å². The molecule has 0 amide bonds. The first-order valence-corrected chi connectivity index (χ1v) is 8.43. The van der Waals surface area contributed by atoms with Crippen molar-refractivity contribution in [3.05, 3.63) is 84.7 Å². The van der Waals surface area contributed by atoms with Gasteiger partial charge in [0.05, 0.1) is 5.52 Å². The highest BCUT2D eigenvalue weighted by atomic mass is 19.1. The lowest BCUT2D eigenvalue weighted by molar-refractivity contribution is 0.629. The molecule has 4 rings (SSSR count). The summed E-state index contributed by atoms with van der Waals surface area (Å²) in [7, 11) is 0. The topological polar surface area (TPSA) is 50.7 Å². The third kappa shape index (κ3) is 3.52. The van der Waals surface area contributed by atoms with Crippen LogP contribution >= 0.6 is 0 Å². The second-order valence-corrected chi connectivity index (χ2v) is 5.99. The number of benzene rings is 2. The zero-order valence-corrected chi connectivity index (χ0v) is 14.1. The lowest BCUT2D eigenvalue weighted by Crippen LogP contribution is -2.07. The minimum absolute atomic E-state index is 0.290. The molecule has 4 aromatic rings. The van der Waals surface area contributed by atoms with Crippen molar-refractivity contribution in [1.82, 2.24) is 15.0 Å². The molecule has 0 bridgehead atoms. The van der Waals surface area contributed by atoms with Crippen molar-refractivity contribution >= 4 is 16.7 Å². The maximum Gasteiger partial charge on any atom is 0.137 e. The van der Waals surface area contributed by atoms with Crippen LogP contribution in [0.2, 0.25) is 0 Å². The van der Waals surface area contributed by atoms with Crippen LogP contribution in [0.3, 0.4) is 0 Å². The van der Waals surface area contributed by atoms with E-state index >= 15 is 0 Å². The van der Waals surface area contributed by atoms with E-state index in [1.807, 2.05) is 12.1 Å². The van der Waals surface area contributed by atoms with E-state index < -0.39 is 0 Å². The number of rotatable bonds is 5. The van der Waals surface area contributed by atoms with Crippen molar-refractivity contribution in [2.24, 2.45) is 0 Å². The van der Waals surface area contributed by atoms with Crippen molar-refractivity contribution in [2.75, 3.05) is 11.9 Å². The Bertz CT molecular complexity index is 1020. The third-order valence-corrected chi connectivity index (χ3v) is 4.27. The van der Waals surface area contributed by atoms with E-state index in [0.717, 1.165) is 17.5 Å². The number of hydrogen-bond donors (Lipinski definition) is 1. The van der Waals surface area contributed by atoms with E-state index in [1.54, 1.807) is 18.5 Å². The number of fused-ring (bicyclic) bond motifs is 1. The van der Waals surface area contributed by atoms with Crippen LogP contribution in [-0.2, 0) is 6.42 Å². The van der Waals surface area contributed by atoms with Crippen molar-refractivity contribution in [3.63, 3.8) is 0 Å². The van der Waals surface area contributed by atoms with Gasteiger partial charge in [-0.1, -0.05) is 24.3 Å². The monoisotopic (exact) mass is 344 g/mol. The van der Waals surface area contributed by atoms with E-state index in [4.69, 9.17) is 0 Å². The third-order valence-electron chi connectivity index (χ3n) is 4.27. The first kappa shape index (κ1) is 16.1. The van der Waals surface area contributed by atoms with E-state index in [9.17, 15) is 4.39 Å². The van der Waals surface area contributed by atoms with Gasteiger partial charge in [-0.05, 0) is 53.4 Å². The molecule has 0 saturated heterocycles. The number of halogens is 1. The van der Waals surface area contributed by atoms with Gasteiger partial charge in [-0.2, -0.15) is 0 Å². The number of aromatic nitrogens is 3. The minimum Gasteiger partial charge on any atom is -0.369 e. The molecule has 1 N–H and O–H groups in total. The minimum atomic E-state index is -0.290. The standard InChI is InChI=1S/C21H17FN4/c22-18-5-6-20-19(13-18)21(26-14-25-20)24-12-7-15-1-3-16(4-2-15)17-8-10-23-11-9-17/h1-6,8-11,13-14H,7,12H2,(H,24,25,26). The molecule has 128 valence electrons. The molecule has 0 spiro atoms. The van der Waals surface area contributed by atoms with Crippen LogP contribution in [0.15, 0.2) is 73.3 Å². The molecule has 5 heteroatoms. The van der Waals surface area contributed by atoms with Crippen molar-refractivity contribution in [3.8, 4) is 11.1 Å². The number of nitrogens with zero attached hydrogens (tertiary/aromatic N) is 3. The van der Waals surface area contributed by atoms with Crippen LogP contribution in [0.25, 0.3) is 22.0 Å². The summed E-state index contributed by atoms with van der Waals surface area (Å²) in [5, 5.41) is 3.98. The molecule has 0 aliphatic rings. The van der Waals surface area contributed by atoms with Crippen LogP contribution in [0.5, 0.6) is 0 Å². The fourth-order valence-electron chi connectivity index (χ4n) is 2.90. The Labute approximate surface area is 150 Å². The second kappa shape index (κ2) is 7.27. The van der Waals surface area contributed by atoms with Crippen LogP contribution in [-0.4, -0.2) is 21.5 Å². The number of anilines is 1. The number of hydrogen-bond acceptors (Lipinski definition) is 4. The van der Waals surface area contributed by atoms with Gasteiger partial charge in [0, 0.05) is 24.3 Å². The lowest BCUT2D eigenvalue weighted by atomic mass is 10.0. The summed E-state index contributed by atoms with van der Waals surface area (Å²) in [5.74, 6) is 0.366. The maximum atomic E-state index is 13.5. The normalized spacial score (nSPS) is 10.8. The Hall–Kier alpha value is -3.34. The summed E-state index contributed by atoms with van der Waals surface area (Å²) in [6.07, 6.45) is 5.92. The predicted octanol–water partition coefficient (Wildman–Crippen LogP) is 4.49. The number of nitrogens with one attached hydrogen (secondary N) is 1. The van der Waals surface area contributed by atoms with Crippen LogP contribution in [0, 0.1) is 5.82 Å². The van der Waals surface area contributed by atoms with E-state index in [-0.39, 0.29) is 5.82 Å². The molecular formula is C21H17FN4. The van der Waals surface area contributed by atoms with Gasteiger partial charge >= 0.3 is 0 Å². The molecule has 26 heavy (non-hydrogen) atoms. The molecular weight excluding hydrogens is 327 g/mol. The van der Waals surface area contributed by atoms with E-state index in [1.165, 1.54) is 29.6 Å². The molecule has 0 fully saturated rings. The molecule has 0 radical (unpaired) electrons. The molecule has 4 nitrogen and oxygen atoms in total. The van der Waals surface area contributed by atoms with E-state index in [2.05, 4.69) is 44.5 Å². The Morgan fingerprint density at radius 2 is 1.62 bits per heavy atom. The molecule has 0 saturated carbocycles. The van der Waals surface area contributed by atoms with Crippen LogP contribution < -0.4 is 5.32 Å². The highest BCUT2D eigenvalue weighted by Crippen LogP contribution is 2.21. The fourth-order valence-corrected chi connectivity index (χ4v) is 2.90. The lowest BCUT2D eigenvalue weighted by Gasteiger charge is -2.09. The summed E-state index contributed by atoms with van der Waals surface area (Å²) >= 11 is 0. The summed E-state index contributed by atoms with van der Waals surface area (Å²) in [6, 6.07) is 17.0. The Balaban J connectivity index is 1.43. The van der Waals surface area contributed by atoms with Crippen molar-refractivity contribution < 1.29 is 4.39 Å². The zero-order chi connectivity index (χ0) is 17.8. The fraction of sp³-hybridized carbons (Fsp3) is 0.0952. The summed E-state index contributed by atoms with van der Waals surface area (Å²) < 4.78 is 13.5. The predicted molar refractivity (Wildman–Crippen MR) is 101 cm³/mol. The highest BCUT2D eigenvalue weighted by molar-refractivity contribution is 5.88. The zero-order valence-electron chi connectivity index (χ0n) is 14.1. The van der Waals surface area contributed by atoms with Gasteiger partial charge in [0.15, 0.2) is 0 Å². The van der Waals surface area contributed by atoms with Gasteiger partial charge in [0.2, 0.25) is 0 Å². The largest absolute Gasteiger partial charge is 0.369 e. The van der Waals surface area contributed by atoms with Crippen molar-refractivity contribution in [2.45, 2.75) is 6.42 Å². The highest BCUT2D eigenvalue weighted by Gasteiger charge is 2.05. The average molecular weight is 344 g/mol. The smallest absolute Gasteiger partial charge is 0.137 e. The van der Waals surface area contributed by atoms with Crippen molar-refractivity contribution in [1.29, 1.82) is 0 Å². The second-order valence-electron chi connectivity index (χ2n) is 5.99. The molecule has 0 atom stereocenters. The van der Waals surface area contributed by atoms with Gasteiger partial charge in [-0.3, -0.25) is 4.98 Å². The SMILES string of the molecule is Fc1ccc2ncnc(NCCc3ccc(-c4ccncc4)cc3)c2c1. The first-order chi connectivity index (χ1) is 12.8. The van der Waals surface area contributed by atoms with Crippen LogP contribution in [0.1, 0.15) is 5.56 Å². The molecule has 2 aromatic heterocycles. The number of pyridine rings is 1. The van der Waals surface area contributed by atoms with Gasteiger partial charge in [0.25, 0.3) is 0 Å². The Morgan fingerprint density at radius 3 is 2.42 bits per heavy atom. The van der Waals surface area contributed by atoms with Gasteiger partial charge in [0.1, 0.15) is 18.0 Å². The summed E-state index contributed by atoms with van der Waals surface area (Å²) in [5.41, 5.74) is 4.27. The summed E-state index contributed by atoms with van der Waals surface area (Å²) in [6.45, 7) is 0.706. The van der Waals surface area contributed by atoms with Gasteiger partial charge in [-0.25, -0.2) is 14.4 Å². The maximum absolute atomic E-state index is 13.5. The molecule has 0 aliphatic heterocycles. The molecule has 0 aliphatic carbocycles. The quantitative estimate of drug-likeness (QED) is 0.580. The molecule has 2 heterocycles. The van der Waals surface area contributed by atoms with Gasteiger partial charge < -0.3 is 5.32 Å². The van der Waals surface area contributed by atoms with Gasteiger partial charge in [-0.15, -0.1) is 0 Å². The van der Waals surface area contributed by atoms with Crippen LogP contribution in [0.4, 0.5) is 10.2 Å². The Morgan fingerprint density at radius 1 is 0.846 bits per heavy atom. The summed E-state index contributed by atoms with van der Waals surface area (Å²) in [4.78, 5) is 12.4. The Kier molecular flexibility index (Phi) is 4.51. The molecule has 0 unspecified atom stereocenters. The average Bonchev–Trinajstić information content (AvgIpc) is 2.69. The molecule has 2 aromatic carbocycles. The first-order valence-electron chi connectivity index (χ1n) is 8.43.